The second-order valence-electron chi connectivity index (χ2n) is 11.0. The summed E-state index contributed by atoms with van der Waals surface area (Å²) >= 11 is 6.01. The largest absolute Gasteiger partial charge is 0.473 e. The number of esters is 1. The average molecular weight is 593 g/mol. The first-order chi connectivity index (χ1) is 20.4. The molecule has 0 saturated carbocycles. The molecule has 0 radical (unpaired) electrons. The van der Waals surface area contributed by atoms with Crippen LogP contribution in [0.15, 0.2) is 54.6 Å². The summed E-state index contributed by atoms with van der Waals surface area (Å²) in [4.78, 5) is 24.5. The standard InChI is InChI=1S/C32H34ClFN4O4/c1-20(31-36-28-9-6-22(32(39)40-2)17-29(28)38(31)18-25-12-15-41-25)37-13-10-21(11-14-37)27-4-3-5-30(35-27)42-19-23-16-24(33)7-8-26(23)34/h3-9,16-17,20-21,25H,10-15,18-19H2,1-2H3/t20?,25-/m0/s1. The number of methoxy groups -OCH3 is 1. The van der Waals surface area contributed by atoms with Crippen molar-refractivity contribution in [1.82, 2.24) is 19.4 Å². The molecule has 2 aromatic carbocycles. The number of hydrogen-bond donors (Lipinski definition) is 0. The molecule has 0 amide bonds. The number of rotatable bonds is 9. The summed E-state index contributed by atoms with van der Waals surface area (Å²) in [6.45, 7) is 5.52. The minimum Gasteiger partial charge on any atom is -0.473 e. The Morgan fingerprint density at radius 2 is 1.93 bits per heavy atom. The number of likely N-dealkylation sites (tertiary alicyclic amines) is 1. The van der Waals surface area contributed by atoms with E-state index in [0.29, 0.717) is 34.5 Å². The molecule has 10 heteroatoms. The van der Waals surface area contributed by atoms with Gasteiger partial charge in [0.2, 0.25) is 5.88 Å². The number of carbonyl (C=O) groups excluding carboxylic acids is 1. The fourth-order valence-electron chi connectivity index (χ4n) is 5.82. The minimum absolute atomic E-state index is 0.0623. The lowest BCUT2D eigenvalue weighted by Crippen LogP contribution is -2.37. The molecule has 2 atom stereocenters. The normalized spacial score (nSPS) is 18.5. The lowest BCUT2D eigenvalue weighted by molar-refractivity contribution is -0.0594. The molecule has 0 N–H and O–H groups in total. The summed E-state index contributed by atoms with van der Waals surface area (Å²) in [6, 6.07) is 15.8. The van der Waals surface area contributed by atoms with Crippen molar-refractivity contribution in [3.8, 4) is 5.88 Å². The smallest absolute Gasteiger partial charge is 0.337 e. The second-order valence-corrected chi connectivity index (χ2v) is 11.4. The number of aromatic nitrogens is 3. The summed E-state index contributed by atoms with van der Waals surface area (Å²) < 4.78 is 32.9. The minimum atomic E-state index is -0.360. The lowest BCUT2D eigenvalue weighted by Gasteiger charge is -2.36. The highest BCUT2D eigenvalue weighted by Gasteiger charge is 2.30. The van der Waals surface area contributed by atoms with Gasteiger partial charge in [0, 0.05) is 34.9 Å². The Balaban J connectivity index is 1.14. The molecule has 2 aromatic heterocycles. The van der Waals surface area contributed by atoms with Crippen molar-refractivity contribution in [2.75, 3.05) is 26.8 Å². The van der Waals surface area contributed by atoms with Crippen LogP contribution in [-0.4, -0.2) is 58.3 Å². The van der Waals surface area contributed by atoms with Crippen molar-refractivity contribution < 1.29 is 23.4 Å². The van der Waals surface area contributed by atoms with Crippen molar-refractivity contribution in [3.63, 3.8) is 0 Å². The molecule has 6 rings (SSSR count). The molecule has 1 unspecified atom stereocenters. The molecule has 0 spiro atoms. The van der Waals surface area contributed by atoms with E-state index in [-0.39, 0.29) is 30.5 Å². The van der Waals surface area contributed by atoms with Crippen LogP contribution in [0, 0.1) is 5.82 Å². The number of carbonyl (C=O) groups is 1. The molecule has 2 aliphatic heterocycles. The Morgan fingerprint density at radius 1 is 1.12 bits per heavy atom. The first kappa shape index (κ1) is 28.6. The van der Waals surface area contributed by atoms with Crippen molar-refractivity contribution in [1.29, 1.82) is 0 Å². The van der Waals surface area contributed by atoms with Crippen LogP contribution in [0.2, 0.25) is 5.02 Å². The van der Waals surface area contributed by atoms with E-state index in [1.54, 1.807) is 18.2 Å². The molecule has 42 heavy (non-hydrogen) atoms. The molecular weight excluding hydrogens is 559 g/mol. The maximum absolute atomic E-state index is 14.1. The van der Waals surface area contributed by atoms with Gasteiger partial charge >= 0.3 is 5.97 Å². The fraction of sp³-hybridized carbons (Fsp3) is 0.406. The van der Waals surface area contributed by atoms with E-state index < -0.39 is 0 Å². The van der Waals surface area contributed by atoms with Crippen LogP contribution in [0.1, 0.15) is 65.6 Å². The van der Waals surface area contributed by atoms with Crippen molar-refractivity contribution >= 4 is 28.6 Å². The number of hydrogen-bond acceptors (Lipinski definition) is 7. The summed E-state index contributed by atoms with van der Waals surface area (Å²) in [5, 5.41) is 0.468. The predicted octanol–water partition coefficient (Wildman–Crippen LogP) is 6.32. The highest BCUT2D eigenvalue weighted by Crippen LogP contribution is 2.34. The number of ether oxygens (including phenoxy) is 3. The van der Waals surface area contributed by atoms with E-state index >= 15 is 0 Å². The van der Waals surface area contributed by atoms with Gasteiger partial charge in [0.15, 0.2) is 0 Å². The number of imidazole rings is 1. The molecule has 4 heterocycles. The summed E-state index contributed by atoms with van der Waals surface area (Å²) in [5.41, 5.74) is 3.67. The highest BCUT2D eigenvalue weighted by molar-refractivity contribution is 6.30. The zero-order chi connectivity index (χ0) is 29.2. The average Bonchev–Trinajstić information content (AvgIpc) is 3.36. The number of fused-ring (bicyclic) bond motifs is 1. The van der Waals surface area contributed by atoms with E-state index in [4.69, 9.17) is 35.8 Å². The van der Waals surface area contributed by atoms with Crippen LogP contribution in [0.4, 0.5) is 4.39 Å². The molecule has 0 bridgehead atoms. The van der Waals surface area contributed by atoms with Crippen LogP contribution in [0.25, 0.3) is 11.0 Å². The van der Waals surface area contributed by atoms with Gasteiger partial charge in [-0.15, -0.1) is 0 Å². The van der Waals surface area contributed by atoms with E-state index in [0.717, 1.165) is 61.5 Å². The summed E-state index contributed by atoms with van der Waals surface area (Å²) in [6.07, 6.45) is 3.06. The maximum Gasteiger partial charge on any atom is 0.337 e. The highest BCUT2D eigenvalue weighted by atomic mass is 35.5. The first-order valence-corrected chi connectivity index (χ1v) is 14.7. The SMILES string of the molecule is COC(=O)c1ccc2nc(C(C)N3CCC(c4cccc(OCc5cc(Cl)ccc5F)n4)CC3)n(C[C@@H]3CCO3)c2c1. The molecule has 8 nitrogen and oxygen atoms in total. The Labute approximate surface area is 249 Å². The molecule has 0 aliphatic carbocycles. The quantitative estimate of drug-likeness (QED) is 0.210. The van der Waals surface area contributed by atoms with Gasteiger partial charge in [0.1, 0.15) is 18.2 Å². The van der Waals surface area contributed by atoms with Crippen LogP contribution in [-0.2, 0) is 22.6 Å². The number of pyridine rings is 1. The van der Waals surface area contributed by atoms with Gasteiger partial charge in [-0.2, -0.15) is 0 Å². The van der Waals surface area contributed by atoms with E-state index in [2.05, 4.69) is 16.4 Å². The zero-order valence-corrected chi connectivity index (χ0v) is 24.5. The maximum atomic E-state index is 14.1. The number of nitrogens with zero attached hydrogens (tertiary/aromatic N) is 4. The third-order valence-corrected chi connectivity index (χ3v) is 8.61. The third-order valence-electron chi connectivity index (χ3n) is 8.38. The molecule has 2 saturated heterocycles. The molecule has 4 aromatic rings. The Bertz CT molecular complexity index is 1580. The predicted molar refractivity (Wildman–Crippen MR) is 157 cm³/mol. The Morgan fingerprint density at radius 3 is 2.67 bits per heavy atom. The van der Waals surface area contributed by atoms with Crippen molar-refractivity contribution in [3.05, 3.63) is 88.1 Å². The van der Waals surface area contributed by atoms with Crippen LogP contribution in [0.3, 0.4) is 0 Å². The molecule has 220 valence electrons. The van der Waals surface area contributed by atoms with Crippen molar-refractivity contribution in [2.45, 2.75) is 57.4 Å². The summed E-state index contributed by atoms with van der Waals surface area (Å²) in [5.74, 6) is 1.03. The third kappa shape index (κ3) is 6.00. The van der Waals surface area contributed by atoms with Crippen LogP contribution >= 0.6 is 11.6 Å². The van der Waals surface area contributed by atoms with Gasteiger partial charge in [-0.05, 0) is 81.7 Å². The first-order valence-electron chi connectivity index (χ1n) is 14.4. The van der Waals surface area contributed by atoms with E-state index in [1.807, 2.05) is 24.3 Å². The number of halogens is 2. The van der Waals surface area contributed by atoms with Gasteiger partial charge < -0.3 is 18.8 Å². The summed E-state index contributed by atoms with van der Waals surface area (Å²) in [7, 11) is 1.39. The number of piperidine rings is 1. The van der Waals surface area contributed by atoms with E-state index in [1.165, 1.54) is 19.2 Å². The molecule has 2 fully saturated rings. The van der Waals surface area contributed by atoms with Gasteiger partial charge in [0.25, 0.3) is 0 Å². The molecular formula is C32H34ClFN4O4. The number of benzene rings is 2. The van der Waals surface area contributed by atoms with Gasteiger partial charge in [-0.1, -0.05) is 17.7 Å². The Hall–Kier alpha value is -3.53. The van der Waals surface area contributed by atoms with Crippen LogP contribution in [0.5, 0.6) is 5.88 Å². The van der Waals surface area contributed by atoms with E-state index in [9.17, 15) is 9.18 Å². The fourth-order valence-corrected chi connectivity index (χ4v) is 6.01. The van der Waals surface area contributed by atoms with Crippen LogP contribution < -0.4 is 4.74 Å². The second kappa shape index (κ2) is 12.4. The Kier molecular flexibility index (Phi) is 8.42. The van der Waals surface area contributed by atoms with Gasteiger partial charge in [0.05, 0.1) is 42.4 Å². The lowest BCUT2D eigenvalue weighted by atomic mass is 9.92. The monoisotopic (exact) mass is 592 g/mol. The zero-order valence-electron chi connectivity index (χ0n) is 23.8. The van der Waals surface area contributed by atoms with Gasteiger partial charge in [-0.3, -0.25) is 4.90 Å². The van der Waals surface area contributed by atoms with Crippen molar-refractivity contribution in [2.24, 2.45) is 0 Å². The molecule has 2 aliphatic rings. The van der Waals surface area contributed by atoms with Gasteiger partial charge in [-0.25, -0.2) is 19.2 Å². The topological polar surface area (TPSA) is 78.7 Å².